The van der Waals surface area contributed by atoms with Gasteiger partial charge in [-0.05, 0) is 32.0 Å². The quantitative estimate of drug-likeness (QED) is 0.773. The number of benzene rings is 1. The number of carbonyl (C=O) groups is 1. The Morgan fingerprint density at radius 1 is 1.39 bits per heavy atom. The summed E-state index contributed by atoms with van der Waals surface area (Å²) in [6.07, 6.45) is 1.79. The van der Waals surface area contributed by atoms with Gasteiger partial charge in [0.2, 0.25) is 0 Å². The third-order valence-electron chi connectivity index (χ3n) is 2.98. The minimum absolute atomic E-state index is 0.0165. The summed E-state index contributed by atoms with van der Waals surface area (Å²) in [6, 6.07) is 6.36. The first-order valence-corrected chi connectivity index (χ1v) is 5.97. The molecule has 1 aromatic carbocycles. The number of rotatable bonds is 3. The van der Waals surface area contributed by atoms with Crippen molar-refractivity contribution in [3.63, 3.8) is 0 Å². The van der Waals surface area contributed by atoms with Crippen molar-refractivity contribution < 1.29 is 9.18 Å². The smallest absolute Gasteiger partial charge is 0.161 e. The average Bonchev–Trinajstić information content (AvgIpc) is 2.64. The van der Waals surface area contributed by atoms with Gasteiger partial charge in [-0.15, -0.1) is 0 Å². The van der Waals surface area contributed by atoms with Crippen LogP contribution in [0.5, 0.6) is 0 Å². The fourth-order valence-corrected chi connectivity index (χ4v) is 2.09. The highest BCUT2D eigenvalue weighted by atomic mass is 35.5. The van der Waals surface area contributed by atoms with Gasteiger partial charge in [-0.3, -0.25) is 4.79 Å². The lowest BCUT2D eigenvalue weighted by molar-refractivity contribution is 0.101. The zero-order valence-corrected chi connectivity index (χ0v) is 11.0. The largest absolute Gasteiger partial charge is 0.347 e. The van der Waals surface area contributed by atoms with Gasteiger partial charge in [-0.1, -0.05) is 17.7 Å². The first kappa shape index (κ1) is 12.8. The molecule has 1 heterocycles. The van der Waals surface area contributed by atoms with Crippen LogP contribution in [0.15, 0.2) is 30.5 Å². The number of nitrogens with zero attached hydrogens (tertiary/aromatic N) is 1. The molecule has 1 aromatic heterocycles. The van der Waals surface area contributed by atoms with E-state index in [0.29, 0.717) is 22.7 Å². The monoisotopic (exact) mass is 265 g/mol. The Labute approximate surface area is 110 Å². The molecule has 0 amide bonds. The minimum atomic E-state index is -0.333. The Balaban J connectivity index is 2.32. The Hall–Kier alpha value is -1.61. The second-order valence-electron chi connectivity index (χ2n) is 4.23. The molecule has 0 aliphatic heterocycles. The molecule has 0 N–H and O–H groups in total. The van der Waals surface area contributed by atoms with Crippen molar-refractivity contribution in [3.8, 4) is 0 Å². The zero-order valence-electron chi connectivity index (χ0n) is 10.2. The van der Waals surface area contributed by atoms with Crippen molar-refractivity contribution in [2.75, 3.05) is 0 Å². The maximum absolute atomic E-state index is 13.7. The molecule has 2 rings (SSSR count). The van der Waals surface area contributed by atoms with Gasteiger partial charge in [0.05, 0.1) is 6.54 Å². The van der Waals surface area contributed by atoms with E-state index in [4.69, 9.17) is 11.6 Å². The van der Waals surface area contributed by atoms with Gasteiger partial charge in [0, 0.05) is 28.0 Å². The second kappa shape index (κ2) is 4.94. The lowest BCUT2D eigenvalue weighted by Gasteiger charge is -2.08. The Kier molecular flexibility index (Phi) is 3.53. The van der Waals surface area contributed by atoms with E-state index in [9.17, 15) is 9.18 Å². The van der Waals surface area contributed by atoms with Crippen molar-refractivity contribution in [3.05, 3.63) is 58.1 Å². The molecule has 2 aromatic rings. The lowest BCUT2D eigenvalue weighted by Crippen LogP contribution is -2.04. The molecule has 0 saturated carbocycles. The van der Waals surface area contributed by atoms with Crippen molar-refractivity contribution in [2.24, 2.45) is 0 Å². The van der Waals surface area contributed by atoms with Crippen LogP contribution in [0.25, 0.3) is 0 Å². The fourth-order valence-electron chi connectivity index (χ4n) is 1.93. The zero-order chi connectivity index (χ0) is 13.3. The fraction of sp³-hybridized carbons (Fsp3) is 0.214. The number of halogens is 2. The van der Waals surface area contributed by atoms with Crippen LogP contribution in [0.2, 0.25) is 5.02 Å². The summed E-state index contributed by atoms with van der Waals surface area (Å²) < 4.78 is 15.5. The van der Waals surface area contributed by atoms with Gasteiger partial charge in [0.15, 0.2) is 5.78 Å². The minimum Gasteiger partial charge on any atom is -0.347 e. The number of hydrogen-bond acceptors (Lipinski definition) is 1. The van der Waals surface area contributed by atoms with E-state index < -0.39 is 0 Å². The highest BCUT2D eigenvalue weighted by Crippen LogP contribution is 2.18. The van der Waals surface area contributed by atoms with Gasteiger partial charge < -0.3 is 4.57 Å². The van der Waals surface area contributed by atoms with Crippen LogP contribution in [0, 0.1) is 12.7 Å². The second-order valence-corrected chi connectivity index (χ2v) is 4.67. The summed E-state index contributed by atoms with van der Waals surface area (Å²) in [5, 5.41) is 0.380. The predicted octanol–water partition coefficient (Wildman–Crippen LogP) is 3.84. The first-order valence-electron chi connectivity index (χ1n) is 5.59. The molecule has 4 heteroatoms. The summed E-state index contributed by atoms with van der Waals surface area (Å²) >= 11 is 5.71. The molecule has 0 radical (unpaired) electrons. The van der Waals surface area contributed by atoms with E-state index in [0.717, 1.165) is 5.69 Å². The normalized spacial score (nSPS) is 10.7. The number of hydrogen-bond donors (Lipinski definition) is 0. The van der Waals surface area contributed by atoms with E-state index in [-0.39, 0.29) is 11.6 Å². The van der Waals surface area contributed by atoms with Crippen molar-refractivity contribution in [2.45, 2.75) is 20.4 Å². The molecule has 0 saturated heterocycles. The van der Waals surface area contributed by atoms with Crippen molar-refractivity contribution in [1.29, 1.82) is 0 Å². The molecule has 0 unspecified atom stereocenters. The van der Waals surface area contributed by atoms with E-state index >= 15 is 0 Å². The average molecular weight is 266 g/mol. The maximum atomic E-state index is 13.7. The van der Waals surface area contributed by atoms with Crippen molar-refractivity contribution >= 4 is 17.4 Å². The Morgan fingerprint density at radius 2 is 2.11 bits per heavy atom. The molecule has 0 atom stereocenters. The van der Waals surface area contributed by atoms with Crippen LogP contribution in [0.4, 0.5) is 4.39 Å². The molecular weight excluding hydrogens is 253 g/mol. The Morgan fingerprint density at radius 3 is 2.67 bits per heavy atom. The van der Waals surface area contributed by atoms with Crippen molar-refractivity contribution in [1.82, 2.24) is 4.57 Å². The van der Waals surface area contributed by atoms with Crippen LogP contribution in [0.3, 0.4) is 0 Å². The number of carbonyl (C=O) groups excluding carboxylic acids is 1. The predicted molar refractivity (Wildman–Crippen MR) is 69.7 cm³/mol. The van der Waals surface area contributed by atoms with Gasteiger partial charge in [-0.25, -0.2) is 4.39 Å². The third-order valence-corrected chi connectivity index (χ3v) is 3.21. The van der Waals surface area contributed by atoms with Crippen LogP contribution in [0.1, 0.15) is 28.5 Å². The summed E-state index contributed by atoms with van der Waals surface area (Å²) in [5.41, 5.74) is 2.06. The standard InChI is InChI=1S/C14H13ClFNO/c1-9-13(10(2)18)5-6-17(9)8-11-3-4-12(15)7-14(11)16/h3-7H,8H2,1-2H3. The van der Waals surface area contributed by atoms with E-state index in [2.05, 4.69) is 0 Å². The molecule has 18 heavy (non-hydrogen) atoms. The molecule has 0 aliphatic rings. The first-order chi connectivity index (χ1) is 8.49. The van der Waals surface area contributed by atoms with Gasteiger partial charge in [0.25, 0.3) is 0 Å². The highest BCUT2D eigenvalue weighted by molar-refractivity contribution is 6.30. The molecular formula is C14H13ClFNO. The van der Waals surface area contributed by atoms with E-state index in [1.807, 2.05) is 11.5 Å². The van der Waals surface area contributed by atoms with Crippen LogP contribution in [-0.4, -0.2) is 10.4 Å². The molecule has 0 bridgehead atoms. The van der Waals surface area contributed by atoms with E-state index in [1.54, 1.807) is 24.4 Å². The molecule has 0 fully saturated rings. The molecule has 94 valence electrons. The number of Topliss-reactive ketones (excluding diaryl/α,β-unsaturated/α-hetero) is 1. The van der Waals surface area contributed by atoms with Gasteiger partial charge >= 0.3 is 0 Å². The third kappa shape index (κ3) is 2.46. The maximum Gasteiger partial charge on any atom is 0.161 e. The lowest BCUT2D eigenvalue weighted by atomic mass is 10.2. The van der Waals surface area contributed by atoms with E-state index in [1.165, 1.54) is 13.0 Å². The summed E-state index contributed by atoms with van der Waals surface area (Å²) in [4.78, 5) is 11.3. The molecule has 0 aliphatic carbocycles. The number of aromatic nitrogens is 1. The summed E-state index contributed by atoms with van der Waals surface area (Å²) in [6.45, 7) is 3.77. The number of ketones is 1. The summed E-state index contributed by atoms with van der Waals surface area (Å²) in [7, 11) is 0. The molecule has 2 nitrogen and oxygen atoms in total. The summed E-state index contributed by atoms with van der Waals surface area (Å²) in [5.74, 6) is -0.317. The van der Waals surface area contributed by atoms with Crippen LogP contribution in [-0.2, 0) is 6.54 Å². The highest BCUT2D eigenvalue weighted by Gasteiger charge is 2.10. The molecule has 0 spiro atoms. The van der Waals surface area contributed by atoms with Crippen LogP contribution >= 0.6 is 11.6 Å². The topological polar surface area (TPSA) is 22.0 Å². The Bertz CT molecular complexity index is 604. The van der Waals surface area contributed by atoms with Crippen LogP contribution < -0.4 is 0 Å². The van der Waals surface area contributed by atoms with Gasteiger partial charge in [0.1, 0.15) is 5.82 Å². The SMILES string of the molecule is CC(=O)c1ccn(Cc2ccc(Cl)cc2F)c1C. The van der Waals surface area contributed by atoms with Gasteiger partial charge in [-0.2, -0.15) is 0 Å².